The van der Waals surface area contributed by atoms with Crippen molar-refractivity contribution in [3.63, 3.8) is 0 Å². The number of imidazole rings is 1. The van der Waals surface area contributed by atoms with E-state index in [1.807, 2.05) is 31.4 Å². The van der Waals surface area contributed by atoms with Crippen LogP contribution in [0.15, 0.2) is 59.5 Å². The maximum Gasteiger partial charge on any atom is 0.323 e. The molecule has 2 aromatic heterocycles. The van der Waals surface area contributed by atoms with E-state index < -0.39 is 5.54 Å². The van der Waals surface area contributed by atoms with Gasteiger partial charge in [-0.25, -0.2) is 4.79 Å². The molecule has 0 radical (unpaired) electrons. The van der Waals surface area contributed by atoms with Crippen LogP contribution in [0.2, 0.25) is 10.0 Å². The molecule has 1 unspecified atom stereocenters. The maximum absolute atomic E-state index is 14.6. The molecule has 2 aliphatic heterocycles. The van der Waals surface area contributed by atoms with Gasteiger partial charge in [0.15, 0.2) is 5.54 Å². The number of ether oxygens (including phenoxy) is 1. The first kappa shape index (κ1) is 26.4. The number of hydrogen-bond donors (Lipinski definition) is 3. The Morgan fingerprint density at radius 2 is 1.60 bits per heavy atom. The number of anilines is 2. The third-order valence-corrected chi connectivity index (χ3v) is 8.63. The van der Waals surface area contributed by atoms with Crippen molar-refractivity contribution in [1.29, 1.82) is 0 Å². The quantitative estimate of drug-likeness (QED) is 0.226. The van der Waals surface area contributed by atoms with Crippen molar-refractivity contribution < 1.29 is 14.3 Å². The van der Waals surface area contributed by atoms with Gasteiger partial charge >= 0.3 is 5.69 Å². The highest BCUT2D eigenvalue weighted by Gasteiger charge is 2.63. The Hall–Kier alpha value is -4.47. The molecule has 0 aliphatic carbocycles. The minimum atomic E-state index is -1.54. The van der Waals surface area contributed by atoms with Crippen LogP contribution in [-0.2, 0) is 10.3 Å². The van der Waals surface area contributed by atoms with E-state index in [0.717, 1.165) is 11.3 Å². The lowest BCUT2D eigenvalue weighted by Gasteiger charge is -2.36. The van der Waals surface area contributed by atoms with Gasteiger partial charge in [-0.1, -0.05) is 49.2 Å². The first-order valence-corrected chi connectivity index (χ1v) is 14.1. The topological polar surface area (TPSA) is 112 Å². The molecule has 212 valence electrons. The van der Waals surface area contributed by atoms with Crippen molar-refractivity contribution in [2.45, 2.75) is 32.2 Å². The third-order valence-electron chi connectivity index (χ3n) is 8.16. The van der Waals surface area contributed by atoms with Gasteiger partial charge in [-0.3, -0.25) is 14.5 Å². The Labute approximate surface area is 250 Å². The van der Waals surface area contributed by atoms with E-state index in [1.54, 1.807) is 60.7 Å². The van der Waals surface area contributed by atoms with Gasteiger partial charge < -0.3 is 24.6 Å². The van der Waals surface area contributed by atoms with E-state index >= 15 is 0 Å². The lowest BCUT2D eigenvalue weighted by atomic mass is 9.81. The number of carbonyl (C=O) groups excluding carboxylic acids is 2. The average molecular weight is 602 g/mol. The number of methoxy groups -OCH3 is 1. The number of nitrogens with one attached hydrogen (secondary N) is 3. The monoisotopic (exact) mass is 601 g/mol. The van der Waals surface area contributed by atoms with Crippen LogP contribution < -0.4 is 20.6 Å². The fraction of sp³-hybridized carbons (Fsp3) is 0.194. The highest BCUT2D eigenvalue weighted by atomic mass is 35.5. The molecule has 2 amide bonds. The molecule has 3 N–H and O–H groups in total. The number of benzene rings is 3. The number of amides is 2. The van der Waals surface area contributed by atoms with Crippen LogP contribution in [0.5, 0.6) is 5.75 Å². The Morgan fingerprint density at radius 1 is 0.905 bits per heavy atom. The SMILES string of the molecule is COc1cc2[nH]c(=O)[nH]c2cc1-n1cc2c(c1C(C)C)C1(C(=O)Nc3cc(Cl)ccc31)N(c1cc(Cl)ccc1C)C2=O. The van der Waals surface area contributed by atoms with E-state index in [2.05, 4.69) is 15.3 Å². The smallest absolute Gasteiger partial charge is 0.323 e. The van der Waals surface area contributed by atoms with Crippen molar-refractivity contribution in [1.82, 2.24) is 14.5 Å². The number of halogens is 2. The number of carbonyl (C=O) groups is 2. The summed E-state index contributed by atoms with van der Waals surface area (Å²) in [7, 11) is 1.54. The third kappa shape index (κ3) is 3.41. The molecule has 9 nitrogen and oxygen atoms in total. The van der Waals surface area contributed by atoms with Crippen LogP contribution in [-0.4, -0.2) is 33.5 Å². The Kier molecular flexibility index (Phi) is 5.67. The second-order valence-electron chi connectivity index (χ2n) is 10.9. The molecule has 42 heavy (non-hydrogen) atoms. The highest BCUT2D eigenvalue weighted by Crippen LogP contribution is 2.56. The van der Waals surface area contributed by atoms with Crippen LogP contribution in [0.4, 0.5) is 11.4 Å². The van der Waals surface area contributed by atoms with Crippen LogP contribution >= 0.6 is 23.2 Å². The highest BCUT2D eigenvalue weighted by molar-refractivity contribution is 6.32. The summed E-state index contributed by atoms with van der Waals surface area (Å²) in [5.41, 5.74) is 4.06. The zero-order chi connectivity index (χ0) is 29.7. The van der Waals surface area contributed by atoms with Gasteiger partial charge in [-0.15, -0.1) is 0 Å². The largest absolute Gasteiger partial charge is 0.494 e. The summed E-state index contributed by atoms with van der Waals surface area (Å²) < 4.78 is 7.64. The normalized spacial score (nSPS) is 17.5. The van der Waals surface area contributed by atoms with E-state index in [1.165, 1.54) is 0 Å². The molecule has 0 saturated heterocycles. The summed E-state index contributed by atoms with van der Waals surface area (Å²) in [6.07, 6.45) is 1.75. The van der Waals surface area contributed by atoms with Crippen molar-refractivity contribution in [3.05, 3.63) is 103 Å². The van der Waals surface area contributed by atoms with Crippen molar-refractivity contribution in [3.8, 4) is 11.4 Å². The lowest BCUT2D eigenvalue weighted by Crippen LogP contribution is -2.51. The zero-order valence-corrected chi connectivity index (χ0v) is 24.6. The lowest BCUT2D eigenvalue weighted by molar-refractivity contribution is -0.119. The van der Waals surface area contributed by atoms with Crippen molar-refractivity contribution in [2.24, 2.45) is 0 Å². The Bertz CT molecular complexity index is 2060. The van der Waals surface area contributed by atoms with Gasteiger partial charge in [-0.05, 0) is 48.7 Å². The second-order valence-corrected chi connectivity index (χ2v) is 11.8. The number of rotatable bonds is 4. The van der Waals surface area contributed by atoms with Crippen LogP contribution in [0.1, 0.15) is 52.5 Å². The van der Waals surface area contributed by atoms with Gasteiger partial charge in [0.2, 0.25) is 0 Å². The van der Waals surface area contributed by atoms with E-state index in [-0.39, 0.29) is 23.4 Å². The predicted octanol–water partition coefficient (Wildman–Crippen LogP) is 6.25. The van der Waals surface area contributed by atoms with Crippen molar-refractivity contribution in [2.75, 3.05) is 17.3 Å². The fourth-order valence-corrected chi connectivity index (χ4v) is 6.81. The first-order chi connectivity index (χ1) is 20.1. The minimum absolute atomic E-state index is 0.145. The Morgan fingerprint density at radius 3 is 2.31 bits per heavy atom. The van der Waals surface area contributed by atoms with Gasteiger partial charge in [-0.2, -0.15) is 0 Å². The number of fused-ring (bicyclic) bond motifs is 5. The summed E-state index contributed by atoms with van der Waals surface area (Å²) in [5, 5.41) is 3.90. The van der Waals surface area contributed by atoms with Gasteiger partial charge in [0.1, 0.15) is 5.75 Å². The number of aromatic amines is 2. The van der Waals surface area contributed by atoms with E-state index in [0.29, 0.717) is 60.6 Å². The molecule has 2 aliphatic rings. The molecule has 1 spiro atoms. The summed E-state index contributed by atoms with van der Waals surface area (Å²) in [5.74, 6) is -0.374. The van der Waals surface area contributed by atoms with Gasteiger partial charge in [0, 0.05) is 44.8 Å². The molecule has 11 heteroatoms. The van der Waals surface area contributed by atoms with Crippen LogP contribution in [0.3, 0.4) is 0 Å². The molecule has 7 rings (SSSR count). The van der Waals surface area contributed by atoms with E-state index in [4.69, 9.17) is 27.9 Å². The van der Waals surface area contributed by atoms with Crippen LogP contribution in [0.25, 0.3) is 16.7 Å². The molecule has 0 bridgehead atoms. The summed E-state index contributed by atoms with van der Waals surface area (Å²) in [4.78, 5) is 48.2. The molecule has 1 atom stereocenters. The number of aryl methyl sites for hydroxylation is 1. The molecular weight excluding hydrogens is 577 g/mol. The zero-order valence-electron chi connectivity index (χ0n) is 23.1. The van der Waals surface area contributed by atoms with E-state index in [9.17, 15) is 14.4 Å². The minimum Gasteiger partial charge on any atom is -0.494 e. The first-order valence-electron chi connectivity index (χ1n) is 13.3. The molecule has 4 heterocycles. The van der Waals surface area contributed by atoms with Gasteiger partial charge in [0.05, 0.1) is 35.1 Å². The van der Waals surface area contributed by atoms with Crippen LogP contribution in [0, 0.1) is 6.92 Å². The number of H-pyrrole nitrogens is 2. The average Bonchev–Trinajstić information content (AvgIpc) is 3.65. The standard InChI is InChI=1S/C31H25Cl2N5O4/c1-14(2)27-26-18(13-37(27)24-11-21-22(12-25(24)42-4)36-30(41)35-21)28(39)38(23-10-17(33)6-5-15(23)3)31(26)19-8-7-16(32)9-20(19)34-29(31)40/h5-14H,1-4H3,(H,34,40)(H2,35,36,41). The molecule has 5 aromatic rings. The number of nitrogens with zero attached hydrogens (tertiary/aromatic N) is 2. The second kappa shape index (κ2) is 9.01. The fourth-order valence-electron chi connectivity index (χ4n) is 6.47. The van der Waals surface area contributed by atoms with Gasteiger partial charge in [0.25, 0.3) is 11.8 Å². The summed E-state index contributed by atoms with van der Waals surface area (Å²) >= 11 is 12.8. The number of hydrogen-bond acceptors (Lipinski definition) is 4. The maximum atomic E-state index is 14.6. The summed E-state index contributed by atoms with van der Waals surface area (Å²) in [6.45, 7) is 5.90. The van der Waals surface area contributed by atoms with Crippen molar-refractivity contribution >= 4 is 57.4 Å². The molecule has 3 aromatic carbocycles. The number of aromatic nitrogens is 3. The predicted molar refractivity (Wildman–Crippen MR) is 163 cm³/mol. The molecular formula is C31H25Cl2N5O4. The summed E-state index contributed by atoms with van der Waals surface area (Å²) in [6, 6.07) is 14.0. The molecule has 0 fully saturated rings. The molecule has 0 saturated carbocycles. The Balaban J connectivity index is 1.60.